The maximum atomic E-state index is 4.50. The van der Waals surface area contributed by atoms with Crippen LogP contribution in [0.2, 0.25) is 0 Å². The van der Waals surface area contributed by atoms with Gasteiger partial charge in [0.1, 0.15) is 0 Å². The number of fused-ring (bicyclic) bond motifs is 1. The second-order valence-electron chi connectivity index (χ2n) is 4.60. The van der Waals surface area contributed by atoms with Gasteiger partial charge in [-0.25, -0.2) is 0 Å². The summed E-state index contributed by atoms with van der Waals surface area (Å²) in [5.74, 6) is 0. The molecule has 2 N–H and O–H groups in total. The summed E-state index contributed by atoms with van der Waals surface area (Å²) >= 11 is 0. The van der Waals surface area contributed by atoms with E-state index in [1.165, 1.54) is 37.7 Å². The summed E-state index contributed by atoms with van der Waals surface area (Å²) in [6.45, 7) is 9.86. The Labute approximate surface area is 113 Å². The third-order valence-corrected chi connectivity index (χ3v) is 3.74. The standard InChI is InChI=1S/C13H19N.C2H6.CH5N/c1-4-13(2)9-10-14(3)12-8-6-5-7-11(12)13;2*1-2/h5-8H,4,9-10H2,1-3H3;1-2H3;2H2,1H3. The summed E-state index contributed by atoms with van der Waals surface area (Å²) in [4.78, 5) is 2.37. The van der Waals surface area contributed by atoms with Gasteiger partial charge in [-0.15, -0.1) is 0 Å². The Morgan fingerprint density at radius 1 is 1.22 bits per heavy atom. The predicted molar refractivity (Wildman–Crippen MR) is 83.4 cm³/mol. The Morgan fingerprint density at radius 2 is 1.78 bits per heavy atom. The van der Waals surface area contributed by atoms with Crippen molar-refractivity contribution in [2.45, 2.75) is 46.0 Å². The molecule has 0 amide bonds. The van der Waals surface area contributed by atoms with Crippen molar-refractivity contribution < 1.29 is 0 Å². The number of anilines is 1. The number of benzene rings is 1. The van der Waals surface area contributed by atoms with Gasteiger partial charge in [-0.05, 0) is 36.9 Å². The van der Waals surface area contributed by atoms with Crippen LogP contribution >= 0.6 is 0 Å². The fourth-order valence-electron chi connectivity index (χ4n) is 2.35. The summed E-state index contributed by atoms with van der Waals surface area (Å²) in [7, 11) is 3.69. The Kier molecular flexibility index (Phi) is 7.69. The molecule has 0 fully saturated rings. The molecule has 1 aliphatic heterocycles. The molecule has 1 aliphatic rings. The van der Waals surface area contributed by atoms with E-state index in [1.807, 2.05) is 13.8 Å². The molecular weight excluding hydrogens is 220 g/mol. The van der Waals surface area contributed by atoms with Crippen molar-refractivity contribution >= 4 is 5.69 Å². The van der Waals surface area contributed by atoms with Gasteiger partial charge < -0.3 is 10.6 Å². The molecule has 2 nitrogen and oxygen atoms in total. The van der Waals surface area contributed by atoms with Gasteiger partial charge in [0.15, 0.2) is 0 Å². The Hall–Kier alpha value is -1.02. The number of para-hydroxylation sites is 1. The fraction of sp³-hybridized carbons (Fsp3) is 0.625. The van der Waals surface area contributed by atoms with Gasteiger partial charge in [-0.2, -0.15) is 0 Å². The average Bonchev–Trinajstić information content (AvgIpc) is 2.48. The van der Waals surface area contributed by atoms with Crippen LogP contribution in [-0.2, 0) is 5.41 Å². The van der Waals surface area contributed by atoms with Gasteiger partial charge in [0.25, 0.3) is 0 Å². The summed E-state index contributed by atoms with van der Waals surface area (Å²) in [5.41, 5.74) is 7.84. The molecule has 1 aromatic rings. The van der Waals surface area contributed by atoms with Gasteiger partial charge in [0, 0.05) is 19.3 Å². The maximum Gasteiger partial charge on any atom is 0.0401 e. The lowest BCUT2D eigenvalue weighted by Crippen LogP contribution is -2.36. The quantitative estimate of drug-likeness (QED) is 0.821. The molecule has 0 aliphatic carbocycles. The first kappa shape index (κ1) is 17.0. The van der Waals surface area contributed by atoms with E-state index in [1.54, 1.807) is 0 Å². The number of hydrogen-bond donors (Lipinski definition) is 1. The molecule has 1 unspecified atom stereocenters. The van der Waals surface area contributed by atoms with Crippen molar-refractivity contribution in [3.05, 3.63) is 29.8 Å². The van der Waals surface area contributed by atoms with Crippen LogP contribution in [0, 0.1) is 0 Å². The molecule has 1 aromatic carbocycles. The molecule has 0 bridgehead atoms. The monoisotopic (exact) mass is 250 g/mol. The van der Waals surface area contributed by atoms with Gasteiger partial charge in [-0.3, -0.25) is 0 Å². The van der Waals surface area contributed by atoms with E-state index in [4.69, 9.17) is 0 Å². The third-order valence-electron chi connectivity index (χ3n) is 3.74. The minimum Gasteiger partial charge on any atom is -0.374 e. The van der Waals surface area contributed by atoms with Crippen LogP contribution in [0.15, 0.2) is 24.3 Å². The van der Waals surface area contributed by atoms with Crippen molar-refractivity contribution in [1.29, 1.82) is 0 Å². The van der Waals surface area contributed by atoms with Crippen molar-refractivity contribution in [2.75, 3.05) is 25.5 Å². The third kappa shape index (κ3) is 3.49. The molecule has 0 saturated carbocycles. The molecule has 18 heavy (non-hydrogen) atoms. The largest absolute Gasteiger partial charge is 0.374 e. The Bertz CT molecular complexity index is 336. The lowest BCUT2D eigenvalue weighted by atomic mass is 9.74. The molecule has 1 heterocycles. The van der Waals surface area contributed by atoms with E-state index in [0.29, 0.717) is 5.41 Å². The van der Waals surface area contributed by atoms with Crippen LogP contribution in [0.5, 0.6) is 0 Å². The molecule has 0 saturated heterocycles. The van der Waals surface area contributed by atoms with E-state index in [-0.39, 0.29) is 0 Å². The van der Waals surface area contributed by atoms with Crippen LogP contribution in [-0.4, -0.2) is 20.6 Å². The van der Waals surface area contributed by atoms with E-state index in [9.17, 15) is 0 Å². The molecule has 104 valence electrons. The van der Waals surface area contributed by atoms with E-state index >= 15 is 0 Å². The highest BCUT2D eigenvalue weighted by Crippen LogP contribution is 2.40. The highest BCUT2D eigenvalue weighted by molar-refractivity contribution is 5.58. The zero-order valence-corrected chi connectivity index (χ0v) is 13.0. The van der Waals surface area contributed by atoms with Crippen LogP contribution in [0.3, 0.4) is 0 Å². The molecule has 0 aromatic heterocycles. The first-order chi connectivity index (χ1) is 8.67. The number of rotatable bonds is 1. The number of hydrogen-bond acceptors (Lipinski definition) is 2. The highest BCUT2D eigenvalue weighted by Gasteiger charge is 2.31. The molecule has 2 heteroatoms. The number of nitrogens with two attached hydrogens (primary N) is 1. The van der Waals surface area contributed by atoms with Crippen molar-refractivity contribution in [3.8, 4) is 0 Å². The Balaban J connectivity index is 0.000000659. The summed E-state index contributed by atoms with van der Waals surface area (Å²) in [5, 5.41) is 0. The average molecular weight is 250 g/mol. The maximum absolute atomic E-state index is 4.50. The van der Waals surface area contributed by atoms with Gasteiger partial charge >= 0.3 is 0 Å². The predicted octanol–water partition coefficient (Wildman–Crippen LogP) is 3.80. The lowest BCUT2D eigenvalue weighted by molar-refractivity contribution is 0.406. The Morgan fingerprint density at radius 3 is 2.33 bits per heavy atom. The second kappa shape index (κ2) is 8.15. The molecular formula is C16H30N2. The molecule has 0 spiro atoms. The SMILES string of the molecule is CC.CCC1(C)CCN(C)c2ccccc21.CN. The molecule has 1 atom stereocenters. The fourth-order valence-corrected chi connectivity index (χ4v) is 2.35. The van der Waals surface area contributed by atoms with E-state index in [2.05, 4.69) is 55.8 Å². The van der Waals surface area contributed by atoms with Gasteiger partial charge in [0.05, 0.1) is 0 Å². The zero-order valence-electron chi connectivity index (χ0n) is 13.0. The van der Waals surface area contributed by atoms with Gasteiger partial charge in [0.2, 0.25) is 0 Å². The highest BCUT2D eigenvalue weighted by atomic mass is 15.1. The summed E-state index contributed by atoms with van der Waals surface area (Å²) in [6.07, 6.45) is 2.51. The van der Waals surface area contributed by atoms with Crippen LogP contribution in [0.4, 0.5) is 5.69 Å². The second-order valence-corrected chi connectivity index (χ2v) is 4.60. The number of nitrogens with zero attached hydrogens (tertiary/aromatic N) is 1. The van der Waals surface area contributed by atoms with Crippen molar-refractivity contribution in [2.24, 2.45) is 5.73 Å². The van der Waals surface area contributed by atoms with Crippen LogP contribution < -0.4 is 10.6 Å². The van der Waals surface area contributed by atoms with E-state index in [0.717, 1.165) is 0 Å². The minimum atomic E-state index is 0.392. The lowest BCUT2D eigenvalue weighted by Gasteiger charge is -2.40. The van der Waals surface area contributed by atoms with Crippen molar-refractivity contribution in [3.63, 3.8) is 0 Å². The van der Waals surface area contributed by atoms with E-state index < -0.39 is 0 Å². The van der Waals surface area contributed by atoms with Crippen LogP contribution in [0.1, 0.15) is 46.1 Å². The molecule has 0 radical (unpaired) electrons. The summed E-state index contributed by atoms with van der Waals surface area (Å²) < 4.78 is 0. The van der Waals surface area contributed by atoms with Gasteiger partial charge in [-0.1, -0.05) is 45.9 Å². The van der Waals surface area contributed by atoms with Crippen molar-refractivity contribution in [1.82, 2.24) is 0 Å². The summed E-state index contributed by atoms with van der Waals surface area (Å²) in [6, 6.07) is 8.82. The first-order valence-corrected chi connectivity index (χ1v) is 7.06. The first-order valence-electron chi connectivity index (χ1n) is 7.06. The topological polar surface area (TPSA) is 29.3 Å². The van der Waals surface area contributed by atoms with Crippen LogP contribution in [0.25, 0.3) is 0 Å². The normalized spacial score (nSPS) is 20.9. The zero-order chi connectivity index (χ0) is 14.2. The minimum absolute atomic E-state index is 0.392. The smallest absolute Gasteiger partial charge is 0.0401 e. The molecule has 2 rings (SSSR count).